The van der Waals surface area contributed by atoms with Crippen LogP contribution in [-0.2, 0) is 20.0 Å². The van der Waals surface area contributed by atoms with Crippen LogP contribution in [0, 0.1) is 6.92 Å². The van der Waals surface area contributed by atoms with Gasteiger partial charge in [0.05, 0.1) is 0 Å². The molecule has 0 unspecified atom stereocenters. The second kappa shape index (κ2) is 11.1. The molecule has 0 aliphatic heterocycles. The van der Waals surface area contributed by atoms with Gasteiger partial charge in [-0.3, -0.25) is 0 Å². The number of aryl methyl sites for hydroxylation is 1. The van der Waals surface area contributed by atoms with Crippen LogP contribution >= 0.6 is 47.1 Å². The van der Waals surface area contributed by atoms with E-state index in [2.05, 4.69) is 63.4 Å². The molecule has 0 fully saturated rings. The summed E-state index contributed by atoms with van der Waals surface area (Å²) in [6.07, 6.45) is 3.12. The van der Waals surface area contributed by atoms with Crippen molar-refractivity contribution in [3.05, 3.63) is 34.0 Å². The van der Waals surface area contributed by atoms with Gasteiger partial charge in [-0.1, -0.05) is 6.07 Å². The van der Waals surface area contributed by atoms with Gasteiger partial charge < -0.3 is 15.2 Å². The van der Waals surface area contributed by atoms with Crippen LogP contribution in [-0.4, -0.2) is 44.8 Å². The number of halogens is 1. The molecule has 0 saturated carbocycles. The lowest BCUT2D eigenvalue weighted by molar-refractivity contribution is 0.660. The third-order valence-electron chi connectivity index (χ3n) is 4.04. The number of guanidine groups is 1. The third-order valence-corrected chi connectivity index (χ3v) is 6.23. The molecular weight excluding hydrogens is 479 g/mol. The number of thioether (sulfide) groups is 1. The van der Waals surface area contributed by atoms with Gasteiger partial charge in [0.25, 0.3) is 0 Å². The maximum Gasteiger partial charge on any atom is 0.191 e. The largest absolute Gasteiger partial charge is 0.356 e. The number of aromatic nitrogens is 3. The Kier molecular flexibility index (Phi) is 9.94. The molecule has 2 rings (SSSR count). The maximum absolute atomic E-state index is 4.69. The summed E-state index contributed by atoms with van der Waals surface area (Å²) in [7, 11) is 1.97. The van der Waals surface area contributed by atoms with Gasteiger partial charge in [-0.15, -0.1) is 45.5 Å². The lowest BCUT2D eigenvalue weighted by Gasteiger charge is -2.24. The van der Waals surface area contributed by atoms with E-state index in [0.717, 1.165) is 37.1 Å². The van der Waals surface area contributed by atoms with Gasteiger partial charge in [-0.05, 0) is 44.9 Å². The molecule has 146 valence electrons. The smallest absolute Gasteiger partial charge is 0.191 e. The highest BCUT2D eigenvalue weighted by Crippen LogP contribution is 2.19. The Labute approximate surface area is 181 Å². The van der Waals surface area contributed by atoms with Crippen molar-refractivity contribution in [2.45, 2.75) is 38.5 Å². The molecule has 9 heteroatoms. The Balaban J connectivity index is 0.00000338. The van der Waals surface area contributed by atoms with Crippen LogP contribution in [0.5, 0.6) is 0 Å². The minimum Gasteiger partial charge on any atom is -0.356 e. The molecule has 0 bridgehead atoms. The van der Waals surface area contributed by atoms with Crippen molar-refractivity contribution in [3.8, 4) is 0 Å². The summed E-state index contributed by atoms with van der Waals surface area (Å²) < 4.78 is 2.12. The van der Waals surface area contributed by atoms with Crippen LogP contribution < -0.4 is 10.6 Å². The Morgan fingerprint density at radius 1 is 1.35 bits per heavy atom. The fraction of sp³-hybridized carbons (Fsp3) is 0.588. The molecule has 2 aromatic heterocycles. The molecule has 2 N–H and O–H groups in total. The first-order valence-corrected chi connectivity index (χ1v) is 10.5. The highest BCUT2D eigenvalue weighted by Gasteiger charge is 2.16. The van der Waals surface area contributed by atoms with Crippen molar-refractivity contribution in [1.29, 1.82) is 0 Å². The Hall–Kier alpha value is -0.810. The predicted molar refractivity (Wildman–Crippen MR) is 124 cm³/mol. The zero-order valence-electron chi connectivity index (χ0n) is 16.1. The predicted octanol–water partition coefficient (Wildman–Crippen LogP) is 3.22. The monoisotopic (exact) mass is 508 g/mol. The number of rotatable bonds is 8. The fourth-order valence-electron chi connectivity index (χ4n) is 2.04. The van der Waals surface area contributed by atoms with Crippen LogP contribution in [0.15, 0.2) is 22.5 Å². The van der Waals surface area contributed by atoms with Crippen molar-refractivity contribution in [2.24, 2.45) is 12.0 Å². The standard InChI is InChI=1S/C17H28N6S2.HI/c1-13-21-22-15(23(13)4)11-19-16(20-12-17(2,3)24-5)18-9-8-14-7-6-10-25-14;/h6-7,10H,8-9,11-12H2,1-5H3,(H2,18,19,20);1H. The highest BCUT2D eigenvalue weighted by molar-refractivity contribution is 14.0. The molecule has 0 spiro atoms. The molecule has 2 aromatic rings. The SMILES string of the molecule is CSC(C)(C)CNC(=NCc1nnc(C)n1C)NCCc1cccs1.I. The van der Waals surface area contributed by atoms with E-state index in [1.54, 1.807) is 11.3 Å². The molecule has 0 aromatic carbocycles. The number of hydrogen-bond donors (Lipinski definition) is 2. The Morgan fingerprint density at radius 3 is 2.69 bits per heavy atom. The van der Waals surface area contributed by atoms with Crippen molar-refractivity contribution < 1.29 is 0 Å². The minimum atomic E-state index is 0. The zero-order valence-corrected chi connectivity index (χ0v) is 20.0. The first-order valence-electron chi connectivity index (χ1n) is 8.36. The number of thiophene rings is 1. The van der Waals surface area contributed by atoms with Crippen molar-refractivity contribution in [3.63, 3.8) is 0 Å². The molecule has 0 aliphatic carbocycles. The van der Waals surface area contributed by atoms with Crippen LogP contribution in [0.2, 0.25) is 0 Å². The molecule has 0 radical (unpaired) electrons. The van der Waals surface area contributed by atoms with E-state index >= 15 is 0 Å². The van der Waals surface area contributed by atoms with E-state index in [0.29, 0.717) is 6.54 Å². The van der Waals surface area contributed by atoms with Gasteiger partial charge >= 0.3 is 0 Å². The van der Waals surface area contributed by atoms with Gasteiger partial charge in [0.1, 0.15) is 12.4 Å². The number of nitrogens with one attached hydrogen (secondary N) is 2. The molecule has 6 nitrogen and oxygen atoms in total. The minimum absolute atomic E-state index is 0. The van der Waals surface area contributed by atoms with Crippen LogP contribution in [0.1, 0.15) is 30.4 Å². The number of nitrogens with zero attached hydrogens (tertiary/aromatic N) is 4. The first kappa shape index (κ1) is 23.2. The van der Waals surface area contributed by atoms with Crippen molar-refractivity contribution in [1.82, 2.24) is 25.4 Å². The lowest BCUT2D eigenvalue weighted by Crippen LogP contribution is -2.44. The average molecular weight is 508 g/mol. The summed E-state index contributed by atoms with van der Waals surface area (Å²) in [6.45, 7) is 8.59. The molecule has 0 atom stereocenters. The molecule has 0 aliphatic rings. The van der Waals surface area contributed by atoms with E-state index in [4.69, 9.17) is 0 Å². The lowest BCUT2D eigenvalue weighted by atomic mass is 10.2. The van der Waals surface area contributed by atoms with Gasteiger partial charge in [-0.2, -0.15) is 11.8 Å². The average Bonchev–Trinajstić information content (AvgIpc) is 3.21. The van der Waals surface area contributed by atoms with E-state index in [-0.39, 0.29) is 28.7 Å². The molecule has 0 saturated heterocycles. The topological polar surface area (TPSA) is 67.1 Å². The summed E-state index contributed by atoms with van der Waals surface area (Å²) in [5.41, 5.74) is 0. The van der Waals surface area contributed by atoms with Crippen LogP contribution in [0.4, 0.5) is 0 Å². The van der Waals surface area contributed by atoms with Gasteiger partial charge in [-0.25, -0.2) is 4.99 Å². The van der Waals surface area contributed by atoms with Gasteiger partial charge in [0.2, 0.25) is 0 Å². The van der Waals surface area contributed by atoms with E-state index in [9.17, 15) is 0 Å². The van der Waals surface area contributed by atoms with E-state index < -0.39 is 0 Å². The van der Waals surface area contributed by atoms with Crippen molar-refractivity contribution >= 4 is 53.0 Å². The highest BCUT2D eigenvalue weighted by atomic mass is 127. The van der Waals surface area contributed by atoms with Crippen LogP contribution in [0.3, 0.4) is 0 Å². The number of aliphatic imine (C=N–C) groups is 1. The number of hydrogen-bond acceptors (Lipinski definition) is 5. The summed E-state index contributed by atoms with van der Waals surface area (Å²) in [5, 5.41) is 17.3. The molecule has 0 amide bonds. The second-order valence-electron chi connectivity index (χ2n) is 6.46. The molecule has 2 heterocycles. The summed E-state index contributed by atoms with van der Waals surface area (Å²) in [4.78, 5) is 6.06. The van der Waals surface area contributed by atoms with Crippen LogP contribution in [0.25, 0.3) is 0 Å². The summed E-state index contributed by atoms with van der Waals surface area (Å²) in [5.74, 6) is 2.58. The second-order valence-corrected chi connectivity index (χ2v) is 9.01. The molecular formula is C17H29IN6S2. The summed E-state index contributed by atoms with van der Waals surface area (Å²) in [6, 6.07) is 4.25. The first-order chi connectivity index (χ1) is 11.9. The van der Waals surface area contributed by atoms with E-state index in [1.165, 1.54) is 4.88 Å². The van der Waals surface area contributed by atoms with E-state index in [1.807, 2.05) is 30.3 Å². The zero-order chi connectivity index (χ0) is 18.3. The third kappa shape index (κ3) is 7.43. The molecule has 26 heavy (non-hydrogen) atoms. The summed E-state index contributed by atoms with van der Waals surface area (Å²) >= 11 is 3.63. The maximum atomic E-state index is 4.69. The fourth-order valence-corrected chi connectivity index (χ4v) is 2.97. The normalized spacial score (nSPS) is 12.0. The quantitative estimate of drug-likeness (QED) is 0.326. The van der Waals surface area contributed by atoms with Gasteiger partial charge in [0, 0.05) is 29.8 Å². The Bertz CT molecular complexity index is 681. The van der Waals surface area contributed by atoms with Crippen molar-refractivity contribution in [2.75, 3.05) is 19.3 Å². The Morgan fingerprint density at radius 2 is 2.12 bits per heavy atom. The van der Waals surface area contributed by atoms with Gasteiger partial charge in [0.15, 0.2) is 11.8 Å².